The number of piperazine rings is 1. The summed E-state index contributed by atoms with van der Waals surface area (Å²) in [5, 5.41) is 8.89. The lowest BCUT2D eigenvalue weighted by atomic mass is 10.0. The van der Waals surface area contributed by atoms with E-state index in [4.69, 9.17) is 4.74 Å². The summed E-state index contributed by atoms with van der Waals surface area (Å²) in [4.78, 5) is 8.45. The number of hydrogen-bond acceptors (Lipinski definition) is 6. The molecule has 0 bridgehead atoms. The Labute approximate surface area is 168 Å². The maximum absolute atomic E-state index is 5.59. The lowest BCUT2D eigenvalue weighted by Crippen LogP contribution is -2.45. The first-order valence-electron chi connectivity index (χ1n) is 8.40. The monoisotopic (exact) mass is 407 g/mol. The van der Waals surface area contributed by atoms with Crippen LogP contribution in [-0.2, 0) is 6.54 Å². The Morgan fingerprint density at radius 1 is 1.31 bits per heavy atom. The molecule has 4 nitrogen and oxygen atoms in total. The highest BCUT2D eigenvalue weighted by molar-refractivity contribution is 7.15. The van der Waals surface area contributed by atoms with Crippen LogP contribution < -0.4 is 10.1 Å². The molecule has 0 aliphatic carbocycles. The van der Waals surface area contributed by atoms with E-state index in [9.17, 15) is 0 Å². The normalized spacial score (nSPS) is 17.7. The third-order valence-corrected chi connectivity index (χ3v) is 6.25. The van der Waals surface area contributed by atoms with Crippen LogP contribution in [-0.4, -0.2) is 36.6 Å². The highest BCUT2D eigenvalue weighted by atomic mass is 35.5. The van der Waals surface area contributed by atoms with E-state index < -0.39 is 0 Å². The lowest BCUT2D eigenvalue weighted by molar-refractivity contribution is 0.152. The molecule has 0 amide bonds. The predicted octanol–water partition coefficient (Wildman–Crippen LogP) is 4.45. The summed E-state index contributed by atoms with van der Waals surface area (Å²) in [6, 6.07) is 10.8. The highest BCUT2D eigenvalue weighted by Crippen LogP contribution is 2.33. The Hall–Kier alpha value is -1.44. The van der Waals surface area contributed by atoms with Crippen molar-refractivity contribution in [3.63, 3.8) is 0 Å². The predicted molar refractivity (Wildman–Crippen MR) is 112 cm³/mol. The van der Waals surface area contributed by atoms with Crippen molar-refractivity contribution in [2.75, 3.05) is 26.7 Å². The molecule has 1 saturated heterocycles. The van der Waals surface area contributed by atoms with Crippen molar-refractivity contribution >= 4 is 35.1 Å². The zero-order chi connectivity index (χ0) is 17.1. The minimum absolute atomic E-state index is 0. The first-order chi connectivity index (χ1) is 12.3. The highest BCUT2D eigenvalue weighted by Gasteiger charge is 2.26. The maximum Gasteiger partial charge on any atom is 0.124 e. The van der Waals surface area contributed by atoms with Gasteiger partial charge in [-0.15, -0.1) is 23.7 Å². The van der Waals surface area contributed by atoms with Gasteiger partial charge in [0.2, 0.25) is 0 Å². The van der Waals surface area contributed by atoms with Crippen LogP contribution in [0, 0.1) is 0 Å². The Balaban J connectivity index is 0.00000196. The molecule has 1 aromatic carbocycles. The van der Waals surface area contributed by atoms with Crippen molar-refractivity contribution in [3.8, 4) is 16.3 Å². The second-order valence-corrected chi connectivity index (χ2v) is 7.97. The van der Waals surface area contributed by atoms with E-state index in [0.29, 0.717) is 6.04 Å². The van der Waals surface area contributed by atoms with Gasteiger partial charge in [0.25, 0.3) is 0 Å². The van der Waals surface area contributed by atoms with Gasteiger partial charge in [0.05, 0.1) is 13.2 Å². The minimum atomic E-state index is 0. The fourth-order valence-electron chi connectivity index (χ4n) is 3.28. The van der Waals surface area contributed by atoms with E-state index >= 15 is 0 Å². The number of halogens is 1. The summed E-state index contributed by atoms with van der Waals surface area (Å²) >= 11 is 3.51. The summed E-state index contributed by atoms with van der Waals surface area (Å²) in [6.07, 6.45) is 2.03. The lowest BCUT2D eigenvalue weighted by Gasteiger charge is -2.36. The Kier molecular flexibility index (Phi) is 6.67. The molecule has 1 unspecified atom stereocenters. The van der Waals surface area contributed by atoms with Gasteiger partial charge in [0.1, 0.15) is 10.8 Å². The van der Waals surface area contributed by atoms with Crippen molar-refractivity contribution < 1.29 is 4.74 Å². The number of methoxy groups -OCH3 is 1. The van der Waals surface area contributed by atoms with E-state index in [1.165, 1.54) is 16.0 Å². The summed E-state index contributed by atoms with van der Waals surface area (Å²) in [5.41, 5.74) is 2.47. The van der Waals surface area contributed by atoms with Crippen LogP contribution in [0.2, 0.25) is 0 Å². The molecular formula is C19H22ClN3OS2. The molecule has 1 fully saturated rings. The molecule has 138 valence electrons. The van der Waals surface area contributed by atoms with E-state index in [1.807, 2.05) is 18.3 Å². The average Bonchev–Trinajstić information content (AvgIpc) is 3.34. The van der Waals surface area contributed by atoms with Crippen LogP contribution in [0.25, 0.3) is 10.6 Å². The van der Waals surface area contributed by atoms with Crippen molar-refractivity contribution in [3.05, 3.63) is 57.7 Å². The van der Waals surface area contributed by atoms with Crippen molar-refractivity contribution in [2.24, 2.45) is 0 Å². The first-order valence-corrected chi connectivity index (χ1v) is 10.2. The number of ether oxygens (including phenoxy) is 1. The number of nitrogens with zero attached hydrogens (tertiary/aromatic N) is 2. The maximum atomic E-state index is 5.59. The molecule has 2 aromatic heterocycles. The number of aromatic nitrogens is 1. The number of nitrogens with one attached hydrogen (secondary N) is 1. The zero-order valence-corrected chi connectivity index (χ0v) is 17.0. The number of para-hydroxylation sites is 1. The van der Waals surface area contributed by atoms with Crippen LogP contribution in [0.4, 0.5) is 0 Å². The minimum Gasteiger partial charge on any atom is -0.496 e. The average molecular weight is 408 g/mol. The smallest absolute Gasteiger partial charge is 0.124 e. The molecule has 0 spiro atoms. The van der Waals surface area contributed by atoms with Gasteiger partial charge in [0, 0.05) is 53.8 Å². The third kappa shape index (κ3) is 4.10. The van der Waals surface area contributed by atoms with Crippen LogP contribution >= 0.6 is 35.1 Å². The number of hydrogen-bond donors (Lipinski definition) is 1. The van der Waals surface area contributed by atoms with Gasteiger partial charge < -0.3 is 10.1 Å². The van der Waals surface area contributed by atoms with Crippen LogP contribution in [0.15, 0.2) is 47.3 Å². The Bertz CT molecular complexity index is 822. The van der Waals surface area contributed by atoms with E-state index in [0.717, 1.165) is 36.9 Å². The molecular weight excluding hydrogens is 386 g/mol. The van der Waals surface area contributed by atoms with E-state index in [2.05, 4.69) is 44.2 Å². The molecule has 0 saturated carbocycles. The topological polar surface area (TPSA) is 37.4 Å². The van der Waals surface area contributed by atoms with Crippen molar-refractivity contribution in [1.82, 2.24) is 15.2 Å². The van der Waals surface area contributed by atoms with Crippen LogP contribution in [0.1, 0.15) is 16.5 Å². The van der Waals surface area contributed by atoms with Crippen LogP contribution in [0.3, 0.4) is 0 Å². The molecule has 1 aliphatic heterocycles. The van der Waals surface area contributed by atoms with Crippen molar-refractivity contribution in [2.45, 2.75) is 12.6 Å². The summed E-state index contributed by atoms with van der Waals surface area (Å²) in [5.74, 6) is 0.962. The summed E-state index contributed by atoms with van der Waals surface area (Å²) in [6.45, 7) is 3.90. The third-order valence-electron chi connectivity index (χ3n) is 4.53. The molecule has 3 heterocycles. The van der Waals surface area contributed by atoms with Crippen molar-refractivity contribution in [1.29, 1.82) is 0 Å². The van der Waals surface area contributed by atoms with Gasteiger partial charge in [-0.25, -0.2) is 4.98 Å². The number of thiophene rings is 1. The molecule has 0 radical (unpaired) electrons. The molecule has 1 aliphatic rings. The molecule has 7 heteroatoms. The Morgan fingerprint density at radius 2 is 2.19 bits per heavy atom. The number of benzene rings is 1. The molecule has 3 aromatic rings. The second-order valence-electron chi connectivity index (χ2n) is 6.08. The standard InChI is InChI=1S/C19H21N3OS2.ClH/c1-23-18-5-3-2-4-16(18)17-11-20-7-8-22(17)12-15-10-21-19(25-15)14-6-9-24-13-14;/h2-6,9-10,13,17,20H,7-8,11-12H2,1H3;1H. The Morgan fingerprint density at radius 3 is 3.00 bits per heavy atom. The zero-order valence-electron chi connectivity index (χ0n) is 14.6. The van der Waals surface area contributed by atoms with E-state index in [-0.39, 0.29) is 12.4 Å². The fraction of sp³-hybridized carbons (Fsp3) is 0.316. The largest absolute Gasteiger partial charge is 0.496 e. The quantitative estimate of drug-likeness (QED) is 0.678. The molecule has 1 atom stereocenters. The van der Waals surface area contributed by atoms with Gasteiger partial charge in [-0.05, 0) is 17.5 Å². The van der Waals surface area contributed by atoms with Gasteiger partial charge in [0.15, 0.2) is 0 Å². The molecule has 1 N–H and O–H groups in total. The summed E-state index contributed by atoms with van der Waals surface area (Å²) in [7, 11) is 1.75. The van der Waals surface area contributed by atoms with Crippen LogP contribution in [0.5, 0.6) is 5.75 Å². The summed E-state index contributed by atoms with van der Waals surface area (Å²) < 4.78 is 5.59. The van der Waals surface area contributed by atoms with Gasteiger partial charge >= 0.3 is 0 Å². The number of thiazole rings is 1. The molecule has 4 rings (SSSR count). The molecule has 26 heavy (non-hydrogen) atoms. The number of rotatable bonds is 5. The SMILES string of the molecule is COc1ccccc1C1CNCCN1Cc1cnc(-c2ccsc2)s1.Cl. The van der Waals surface area contributed by atoms with Gasteiger partial charge in [-0.3, -0.25) is 4.90 Å². The second kappa shape index (κ2) is 8.97. The van der Waals surface area contributed by atoms with Gasteiger partial charge in [-0.2, -0.15) is 11.3 Å². The first kappa shape index (κ1) is 19.3. The fourth-order valence-corrected chi connectivity index (χ4v) is 4.93. The van der Waals surface area contributed by atoms with E-state index in [1.54, 1.807) is 29.8 Å². The van der Waals surface area contributed by atoms with Gasteiger partial charge in [-0.1, -0.05) is 18.2 Å².